The van der Waals surface area contributed by atoms with Crippen molar-refractivity contribution in [2.75, 3.05) is 0 Å². The van der Waals surface area contributed by atoms with Gasteiger partial charge >= 0.3 is 0 Å². The van der Waals surface area contributed by atoms with E-state index >= 15 is 0 Å². The average Bonchev–Trinajstić information content (AvgIpc) is 3.94. The molecule has 0 aliphatic heterocycles. The van der Waals surface area contributed by atoms with Gasteiger partial charge in [0.25, 0.3) is 23.9 Å². The number of pyridine rings is 1. The van der Waals surface area contributed by atoms with Crippen LogP contribution in [0.25, 0.3) is 45.1 Å². The molecule has 0 fully saturated rings. The molecular weight excluding hydrogens is 651 g/mol. The highest BCUT2D eigenvalue weighted by atomic mass is 16.5. The summed E-state index contributed by atoms with van der Waals surface area (Å²) in [5, 5.41) is 0. The number of rotatable bonds is 8. The fraction of sp³-hybridized carbons (Fsp3) is 0.0976. The molecular formula is C41H37N9O2+4. The van der Waals surface area contributed by atoms with Gasteiger partial charge in [-0.2, -0.15) is 14.1 Å². The predicted octanol–water partition coefficient (Wildman–Crippen LogP) is 5.43. The van der Waals surface area contributed by atoms with Crippen LogP contribution in [0.4, 0.5) is 0 Å². The smallest absolute Gasteiger partial charge is 0.277 e. The molecule has 11 nitrogen and oxygen atoms in total. The minimum absolute atomic E-state index is 0.734. The summed E-state index contributed by atoms with van der Waals surface area (Å²) in [7, 11) is 8.10. The number of imidazole rings is 4. The van der Waals surface area contributed by atoms with Gasteiger partial charge in [0.1, 0.15) is 70.5 Å². The molecule has 5 heterocycles. The van der Waals surface area contributed by atoms with Crippen LogP contribution >= 0.6 is 0 Å². The third-order valence-electron chi connectivity index (χ3n) is 9.17. The lowest BCUT2D eigenvalue weighted by Crippen LogP contribution is -2.27. The number of hydrogen-bond donors (Lipinski definition) is 0. The Balaban J connectivity index is 1.05. The summed E-state index contributed by atoms with van der Waals surface area (Å²) >= 11 is 0. The summed E-state index contributed by atoms with van der Waals surface area (Å²) in [4.78, 5) is 5.29. The van der Waals surface area contributed by atoms with Crippen molar-refractivity contribution in [2.24, 2.45) is 28.2 Å². The molecule has 0 aliphatic carbocycles. The summed E-state index contributed by atoms with van der Waals surface area (Å²) in [6.07, 6.45) is 16.2. The molecule has 0 amide bonds. The Morgan fingerprint density at radius 1 is 0.462 bits per heavy atom. The Morgan fingerprint density at radius 3 is 1.23 bits per heavy atom. The van der Waals surface area contributed by atoms with E-state index in [1.807, 2.05) is 148 Å². The predicted molar refractivity (Wildman–Crippen MR) is 194 cm³/mol. The number of hydrogen-bond acceptors (Lipinski definition) is 3. The van der Waals surface area contributed by atoms with E-state index in [4.69, 9.17) is 14.5 Å². The first kappa shape index (κ1) is 31.0. The van der Waals surface area contributed by atoms with E-state index in [1.54, 1.807) is 0 Å². The second kappa shape index (κ2) is 12.4. The summed E-state index contributed by atoms with van der Waals surface area (Å²) < 4.78 is 29.3. The van der Waals surface area contributed by atoms with Gasteiger partial charge in [-0.1, -0.05) is 24.3 Å². The van der Waals surface area contributed by atoms with Crippen molar-refractivity contribution in [3.63, 3.8) is 0 Å². The number of benzene rings is 4. The van der Waals surface area contributed by atoms with Crippen molar-refractivity contribution in [1.82, 2.24) is 23.3 Å². The summed E-state index contributed by atoms with van der Waals surface area (Å²) in [5.41, 5.74) is 7.61. The summed E-state index contributed by atoms with van der Waals surface area (Å²) in [5.74, 6) is 2.98. The lowest BCUT2D eigenvalue weighted by Gasteiger charge is -2.07. The van der Waals surface area contributed by atoms with Crippen LogP contribution in [-0.4, -0.2) is 23.3 Å². The standard InChI is InChI=1S/C41H37N9O2/c1-43-17-19-47(26-43)30-9-5-13-34(21-30)51-36-15-7-11-32(23-36)49-28-45(3)38-25-39-41(42-40(38)49)50(29-46(39)4)33-12-8-16-37(24-33)52-35-14-6-10-31(22-35)48-20-18-44(2)27-48/h5-29H,1-4H3/q+4. The van der Waals surface area contributed by atoms with Gasteiger partial charge in [-0.3, -0.25) is 0 Å². The summed E-state index contributed by atoms with van der Waals surface area (Å²) in [6, 6.07) is 34.5. The van der Waals surface area contributed by atoms with E-state index in [-0.39, 0.29) is 0 Å². The van der Waals surface area contributed by atoms with Crippen molar-refractivity contribution in [3.8, 4) is 45.7 Å². The number of ether oxygens (including phenoxy) is 2. The van der Waals surface area contributed by atoms with Gasteiger partial charge in [-0.05, 0) is 48.5 Å². The molecule has 0 aliphatic rings. The van der Waals surface area contributed by atoms with Gasteiger partial charge < -0.3 is 9.47 Å². The molecule has 0 saturated heterocycles. The van der Waals surface area contributed by atoms with Crippen molar-refractivity contribution in [2.45, 2.75) is 0 Å². The molecule has 254 valence electrons. The minimum atomic E-state index is 0.734. The van der Waals surface area contributed by atoms with Crippen LogP contribution in [0.15, 0.2) is 153 Å². The fourth-order valence-corrected chi connectivity index (χ4v) is 6.59. The van der Waals surface area contributed by atoms with E-state index in [1.165, 1.54) is 0 Å². The molecule has 5 aromatic heterocycles. The van der Waals surface area contributed by atoms with E-state index in [2.05, 4.69) is 70.4 Å². The van der Waals surface area contributed by atoms with Crippen LogP contribution in [0, 0.1) is 0 Å². The van der Waals surface area contributed by atoms with Crippen LogP contribution in [-0.2, 0) is 28.2 Å². The molecule has 0 unspecified atom stereocenters. The maximum absolute atomic E-state index is 6.38. The van der Waals surface area contributed by atoms with E-state index < -0.39 is 0 Å². The molecule has 4 aromatic carbocycles. The van der Waals surface area contributed by atoms with Gasteiger partial charge in [0.2, 0.25) is 12.7 Å². The third-order valence-corrected chi connectivity index (χ3v) is 9.17. The van der Waals surface area contributed by atoms with Crippen LogP contribution < -0.4 is 27.7 Å². The van der Waals surface area contributed by atoms with Gasteiger partial charge in [0.15, 0.2) is 11.0 Å². The first-order valence-electron chi connectivity index (χ1n) is 17.0. The monoisotopic (exact) mass is 687 g/mol. The lowest BCUT2D eigenvalue weighted by molar-refractivity contribution is -0.670. The van der Waals surface area contributed by atoms with Gasteiger partial charge in [-0.15, -0.1) is 0 Å². The normalized spacial score (nSPS) is 11.5. The van der Waals surface area contributed by atoms with Crippen LogP contribution in [0.5, 0.6) is 23.0 Å². The Bertz CT molecular complexity index is 2580. The Hall–Kier alpha value is -7.01. The molecule has 0 saturated carbocycles. The SMILES string of the molecule is C[n+]1ccn(-c2cccc(Oc3cccc(-n4c[n+](C)c5cc6c(nc54)n(-c4cccc(Oc5cccc(-n7cc[n+](C)c7)c5)c4)c[n+]6C)c3)c2)c1. The number of aryl methyl sites for hydroxylation is 4. The largest absolute Gasteiger partial charge is 0.457 e. The quantitative estimate of drug-likeness (QED) is 0.200. The van der Waals surface area contributed by atoms with Gasteiger partial charge in [0.05, 0.1) is 28.2 Å². The zero-order valence-electron chi connectivity index (χ0n) is 29.3. The van der Waals surface area contributed by atoms with Crippen LogP contribution in [0.3, 0.4) is 0 Å². The molecule has 0 bridgehead atoms. The molecule has 0 radical (unpaired) electrons. The molecule has 9 rings (SSSR count). The zero-order valence-corrected chi connectivity index (χ0v) is 29.3. The first-order valence-corrected chi connectivity index (χ1v) is 17.0. The number of fused-ring (bicyclic) bond motifs is 2. The molecule has 0 atom stereocenters. The highest BCUT2D eigenvalue weighted by molar-refractivity contribution is 5.83. The first-order chi connectivity index (χ1) is 25.3. The second-order valence-corrected chi connectivity index (χ2v) is 13.0. The van der Waals surface area contributed by atoms with Crippen molar-refractivity contribution >= 4 is 22.3 Å². The van der Waals surface area contributed by atoms with Gasteiger partial charge in [0, 0.05) is 30.3 Å². The fourth-order valence-electron chi connectivity index (χ4n) is 6.59. The second-order valence-electron chi connectivity index (χ2n) is 13.0. The molecule has 9 aromatic rings. The van der Waals surface area contributed by atoms with Crippen LogP contribution in [0.1, 0.15) is 0 Å². The molecule has 0 spiro atoms. The molecule has 0 N–H and O–H groups in total. The van der Waals surface area contributed by atoms with E-state index in [0.29, 0.717) is 0 Å². The average molecular weight is 688 g/mol. The summed E-state index contributed by atoms with van der Waals surface area (Å²) in [6.45, 7) is 0. The highest BCUT2D eigenvalue weighted by Gasteiger charge is 2.25. The molecule has 11 heteroatoms. The van der Waals surface area contributed by atoms with E-state index in [0.717, 1.165) is 68.1 Å². The van der Waals surface area contributed by atoms with Crippen LogP contribution in [0.2, 0.25) is 0 Å². The Morgan fingerprint density at radius 2 is 0.846 bits per heavy atom. The van der Waals surface area contributed by atoms with Gasteiger partial charge in [-0.25, -0.2) is 27.4 Å². The molecule has 52 heavy (non-hydrogen) atoms. The lowest BCUT2D eigenvalue weighted by atomic mass is 10.2. The minimum Gasteiger partial charge on any atom is -0.457 e. The van der Waals surface area contributed by atoms with Crippen molar-refractivity contribution in [3.05, 3.63) is 153 Å². The highest BCUT2D eigenvalue weighted by Crippen LogP contribution is 2.29. The van der Waals surface area contributed by atoms with Crippen molar-refractivity contribution < 1.29 is 27.7 Å². The number of aromatic nitrogens is 9. The topological polar surface area (TPSA) is 66.6 Å². The maximum Gasteiger partial charge on any atom is 0.277 e. The Labute approximate surface area is 299 Å². The third kappa shape index (κ3) is 5.73. The zero-order chi connectivity index (χ0) is 35.3. The van der Waals surface area contributed by atoms with E-state index in [9.17, 15) is 0 Å². The number of nitrogens with zero attached hydrogens (tertiary/aromatic N) is 9. The van der Waals surface area contributed by atoms with Crippen molar-refractivity contribution in [1.29, 1.82) is 0 Å². The maximum atomic E-state index is 6.38. The Kier molecular flexibility index (Phi) is 7.39.